The van der Waals surface area contributed by atoms with E-state index in [9.17, 15) is 4.79 Å². The Morgan fingerprint density at radius 1 is 1.48 bits per heavy atom. The van der Waals surface area contributed by atoms with Crippen LogP contribution in [-0.2, 0) is 11.3 Å². The van der Waals surface area contributed by atoms with Gasteiger partial charge in [-0.15, -0.1) is 11.3 Å². The molecule has 0 radical (unpaired) electrons. The van der Waals surface area contributed by atoms with Gasteiger partial charge in [0.2, 0.25) is 0 Å². The molecule has 0 aliphatic rings. The van der Waals surface area contributed by atoms with E-state index < -0.39 is 5.97 Å². The molecule has 0 amide bonds. The van der Waals surface area contributed by atoms with E-state index in [1.54, 1.807) is 6.20 Å². The Morgan fingerprint density at radius 3 is 2.86 bits per heavy atom. The molecule has 21 heavy (non-hydrogen) atoms. The van der Waals surface area contributed by atoms with Crippen molar-refractivity contribution in [3.8, 4) is 5.75 Å². The van der Waals surface area contributed by atoms with Gasteiger partial charge in [0.25, 0.3) is 0 Å². The number of carbonyl (C=O) groups excluding carboxylic acids is 1. The third kappa shape index (κ3) is 3.08. The Labute approximate surface area is 126 Å². The van der Waals surface area contributed by atoms with Crippen LogP contribution in [0.25, 0.3) is 0 Å². The number of methoxy groups -OCH3 is 2. The summed E-state index contributed by atoms with van der Waals surface area (Å²) in [6.45, 7) is 2.51. The molecule has 2 heterocycles. The van der Waals surface area contributed by atoms with Crippen LogP contribution in [0, 0.1) is 6.92 Å². The Balaban J connectivity index is 2.24. The summed E-state index contributed by atoms with van der Waals surface area (Å²) in [5.74, 6) is -0.0214. The van der Waals surface area contributed by atoms with E-state index in [2.05, 4.69) is 10.3 Å². The van der Waals surface area contributed by atoms with Gasteiger partial charge < -0.3 is 20.5 Å². The van der Waals surface area contributed by atoms with E-state index in [4.69, 9.17) is 15.2 Å². The zero-order valence-electron chi connectivity index (χ0n) is 12.1. The monoisotopic (exact) mass is 307 g/mol. The number of nitrogens with two attached hydrogens (primary N) is 1. The number of carbonyl (C=O) groups is 1. The molecular weight excluding hydrogens is 290 g/mol. The van der Waals surface area contributed by atoms with Crippen molar-refractivity contribution in [1.82, 2.24) is 4.98 Å². The summed E-state index contributed by atoms with van der Waals surface area (Å²) < 4.78 is 9.97. The van der Waals surface area contributed by atoms with E-state index in [1.165, 1.54) is 25.6 Å². The third-order valence-corrected chi connectivity index (χ3v) is 4.13. The predicted molar refractivity (Wildman–Crippen MR) is 82.9 cm³/mol. The molecule has 0 saturated heterocycles. The van der Waals surface area contributed by atoms with Gasteiger partial charge in [0.1, 0.15) is 15.6 Å². The second kappa shape index (κ2) is 6.45. The molecule has 112 valence electrons. The molecule has 3 N–H and O–H groups in total. The maximum Gasteiger partial charge on any atom is 0.350 e. The van der Waals surface area contributed by atoms with Gasteiger partial charge in [0, 0.05) is 6.20 Å². The van der Waals surface area contributed by atoms with Crippen molar-refractivity contribution in [2.75, 3.05) is 25.3 Å². The number of nitrogen functional groups attached to an aromatic ring is 1. The lowest BCUT2D eigenvalue weighted by atomic mass is 10.2. The number of nitrogens with zero attached hydrogens (tertiary/aromatic N) is 1. The number of esters is 1. The molecule has 0 atom stereocenters. The summed E-state index contributed by atoms with van der Waals surface area (Å²) >= 11 is 1.21. The van der Waals surface area contributed by atoms with Crippen molar-refractivity contribution < 1.29 is 14.3 Å². The smallest absolute Gasteiger partial charge is 0.350 e. The molecule has 2 rings (SSSR count). The second-order valence-corrected chi connectivity index (χ2v) is 5.34. The molecule has 0 saturated carbocycles. The summed E-state index contributed by atoms with van der Waals surface area (Å²) in [7, 11) is 2.83. The fraction of sp³-hybridized carbons (Fsp3) is 0.286. The van der Waals surface area contributed by atoms with Gasteiger partial charge in [-0.1, -0.05) is 6.07 Å². The summed E-state index contributed by atoms with van der Waals surface area (Å²) in [5.41, 5.74) is 8.21. The van der Waals surface area contributed by atoms with Gasteiger partial charge in [-0.3, -0.25) is 4.98 Å². The van der Waals surface area contributed by atoms with Crippen molar-refractivity contribution >= 4 is 28.0 Å². The van der Waals surface area contributed by atoms with Crippen molar-refractivity contribution in [2.24, 2.45) is 0 Å². The number of hydrogen-bond acceptors (Lipinski definition) is 7. The lowest BCUT2D eigenvalue weighted by Gasteiger charge is -2.08. The molecule has 0 aliphatic carbocycles. The Hall–Kier alpha value is -2.28. The van der Waals surface area contributed by atoms with Crippen molar-refractivity contribution in [3.63, 3.8) is 0 Å². The summed E-state index contributed by atoms with van der Waals surface area (Å²) in [4.78, 5) is 16.3. The second-order valence-electron chi connectivity index (χ2n) is 4.32. The molecule has 0 fully saturated rings. The number of thiophene rings is 1. The van der Waals surface area contributed by atoms with Crippen LogP contribution in [-0.4, -0.2) is 25.2 Å². The highest BCUT2D eigenvalue weighted by Gasteiger charge is 2.22. The number of aromatic nitrogens is 1. The SMILES string of the molecule is COC(=O)c1sc(NCc2ncccc2C)c(OC)c1N. The summed E-state index contributed by atoms with van der Waals surface area (Å²) in [6.07, 6.45) is 1.74. The molecule has 2 aromatic rings. The fourth-order valence-electron chi connectivity index (χ4n) is 1.86. The van der Waals surface area contributed by atoms with E-state index in [-0.39, 0.29) is 5.69 Å². The minimum atomic E-state index is -0.474. The molecular formula is C14H17N3O3S. The number of pyridine rings is 1. The highest BCUT2D eigenvalue weighted by Crippen LogP contribution is 2.42. The number of hydrogen-bond donors (Lipinski definition) is 2. The number of nitrogens with one attached hydrogen (secondary N) is 1. The first-order valence-corrected chi connectivity index (χ1v) is 7.09. The van der Waals surface area contributed by atoms with Crippen molar-refractivity contribution in [2.45, 2.75) is 13.5 Å². The quantitative estimate of drug-likeness (QED) is 0.825. The van der Waals surface area contributed by atoms with Crippen molar-refractivity contribution in [1.29, 1.82) is 0 Å². The first-order valence-electron chi connectivity index (χ1n) is 6.27. The highest BCUT2D eigenvalue weighted by atomic mass is 32.1. The van der Waals surface area contributed by atoms with Gasteiger partial charge in [-0.05, 0) is 18.6 Å². The fourth-order valence-corrected chi connectivity index (χ4v) is 2.86. The van der Waals surface area contributed by atoms with Gasteiger partial charge in [0.15, 0.2) is 5.75 Å². The molecule has 0 aliphatic heterocycles. The minimum Gasteiger partial charge on any atom is -0.492 e. The van der Waals surface area contributed by atoms with Crippen LogP contribution in [0.2, 0.25) is 0 Å². The molecule has 7 heteroatoms. The number of anilines is 2. The largest absolute Gasteiger partial charge is 0.492 e. The maximum absolute atomic E-state index is 11.7. The first-order chi connectivity index (χ1) is 10.1. The highest BCUT2D eigenvalue weighted by molar-refractivity contribution is 7.19. The summed E-state index contributed by atoms with van der Waals surface area (Å²) in [6, 6.07) is 3.88. The molecule has 6 nitrogen and oxygen atoms in total. The van der Waals surface area contributed by atoms with Gasteiger partial charge in [-0.2, -0.15) is 0 Å². The third-order valence-electron chi connectivity index (χ3n) is 3.01. The standard InChI is InChI=1S/C14H17N3O3S/c1-8-5-4-6-16-9(8)7-17-13-11(19-2)10(15)12(21-13)14(18)20-3/h4-6,17H,7,15H2,1-3H3. The van der Waals surface area contributed by atoms with Gasteiger partial charge in [0.05, 0.1) is 26.5 Å². The van der Waals surface area contributed by atoms with Gasteiger partial charge in [-0.25, -0.2) is 4.79 Å². The van der Waals surface area contributed by atoms with Gasteiger partial charge >= 0.3 is 5.97 Å². The Bertz CT molecular complexity index is 655. The van der Waals surface area contributed by atoms with Crippen LogP contribution >= 0.6 is 11.3 Å². The van der Waals surface area contributed by atoms with E-state index in [0.717, 1.165) is 11.3 Å². The molecule has 0 bridgehead atoms. The van der Waals surface area contributed by atoms with Crippen molar-refractivity contribution in [3.05, 3.63) is 34.5 Å². The zero-order valence-corrected chi connectivity index (χ0v) is 12.9. The number of ether oxygens (including phenoxy) is 2. The first kappa shape index (κ1) is 15.1. The predicted octanol–water partition coefficient (Wildman–Crippen LogP) is 2.44. The van der Waals surface area contributed by atoms with Crippen LogP contribution in [0.15, 0.2) is 18.3 Å². The Kier molecular flexibility index (Phi) is 4.64. The van der Waals surface area contributed by atoms with E-state index in [1.807, 2.05) is 19.1 Å². The maximum atomic E-state index is 11.7. The van der Waals surface area contributed by atoms with Crippen LogP contribution in [0.4, 0.5) is 10.7 Å². The summed E-state index contributed by atoms with van der Waals surface area (Å²) in [5, 5.41) is 3.89. The van der Waals surface area contributed by atoms with Crippen LogP contribution < -0.4 is 15.8 Å². The number of aryl methyl sites for hydroxylation is 1. The lowest BCUT2D eigenvalue weighted by Crippen LogP contribution is -2.03. The molecule has 0 unspecified atom stereocenters. The zero-order chi connectivity index (χ0) is 15.4. The average Bonchev–Trinajstić information content (AvgIpc) is 2.81. The van der Waals surface area contributed by atoms with E-state index in [0.29, 0.717) is 22.2 Å². The van der Waals surface area contributed by atoms with Crippen LogP contribution in [0.5, 0.6) is 5.75 Å². The van der Waals surface area contributed by atoms with Crippen LogP contribution in [0.1, 0.15) is 20.9 Å². The van der Waals surface area contributed by atoms with Crippen LogP contribution in [0.3, 0.4) is 0 Å². The van der Waals surface area contributed by atoms with E-state index >= 15 is 0 Å². The lowest BCUT2D eigenvalue weighted by molar-refractivity contribution is 0.0607. The molecule has 2 aromatic heterocycles. The number of rotatable bonds is 5. The average molecular weight is 307 g/mol. The normalized spacial score (nSPS) is 10.2. The topological polar surface area (TPSA) is 86.5 Å². The Morgan fingerprint density at radius 2 is 2.24 bits per heavy atom. The molecule has 0 spiro atoms. The minimum absolute atomic E-state index is 0.287. The molecule has 0 aromatic carbocycles.